The van der Waals surface area contributed by atoms with Crippen molar-refractivity contribution in [1.82, 2.24) is 24.2 Å². The average Bonchev–Trinajstić information content (AvgIpc) is 2.75. The van der Waals surface area contributed by atoms with E-state index >= 15 is 0 Å². The van der Waals surface area contributed by atoms with Gasteiger partial charge in [-0.25, -0.2) is 4.98 Å². The van der Waals surface area contributed by atoms with Gasteiger partial charge in [-0.1, -0.05) is 6.07 Å². The van der Waals surface area contributed by atoms with Crippen LogP contribution in [0.15, 0.2) is 29.2 Å². The summed E-state index contributed by atoms with van der Waals surface area (Å²) in [6.45, 7) is 6.60. The highest BCUT2D eigenvalue weighted by molar-refractivity contribution is 5.96. The Labute approximate surface area is 173 Å². The van der Waals surface area contributed by atoms with Gasteiger partial charge in [-0.05, 0) is 37.6 Å². The Hall–Kier alpha value is -3.04. The molecule has 3 aromatic heterocycles. The molecule has 0 bridgehead atoms. The molecule has 2 N–H and O–H groups in total. The van der Waals surface area contributed by atoms with Gasteiger partial charge in [-0.15, -0.1) is 0 Å². The number of ether oxygens (including phenoxy) is 1. The molecule has 4 heterocycles. The minimum Gasteiger partial charge on any atom is -0.379 e. The van der Waals surface area contributed by atoms with Crippen molar-refractivity contribution in [3.05, 3.63) is 51.4 Å². The number of fused-ring (bicyclic) bond motifs is 2. The minimum atomic E-state index is -0.354. The normalized spacial score (nSPS) is 15.0. The maximum absolute atomic E-state index is 13.0. The van der Waals surface area contributed by atoms with Crippen LogP contribution in [0, 0.1) is 12.3 Å². The Balaban J connectivity index is 1.59. The maximum atomic E-state index is 13.0. The van der Waals surface area contributed by atoms with E-state index in [4.69, 9.17) is 10.1 Å². The van der Waals surface area contributed by atoms with E-state index in [-0.39, 0.29) is 22.5 Å². The standard InChI is InChI=1S/C21H26N6O3/c1-14-5-3-8-27-18(14)24-19-16(21(27)29)13-15(17(22)25(19)2)20(28)23-6-4-7-26-9-11-30-12-10-26/h3,5,8,13,22H,4,6-7,9-12H2,1-2H3,(H,23,28). The van der Waals surface area contributed by atoms with Gasteiger partial charge in [0.1, 0.15) is 16.8 Å². The highest BCUT2D eigenvalue weighted by Crippen LogP contribution is 2.11. The van der Waals surface area contributed by atoms with E-state index in [9.17, 15) is 9.59 Å². The zero-order valence-corrected chi connectivity index (χ0v) is 17.3. The lowest BCUT2D eigenvalue weighted by Crippen LogP contribution is -2.39. The summed E-state index contributed by atoms with van der Waals surface area (Å²) in [6, 6.07) is 5.16. The van der Waals surface area contributed by atoms with Crippen LogP contribution in [-0.4, -0.2) is 64.2 Å². The van der Waals surface area contributed by atoms with Crippen LogP contribution in [0.3, 0.4) is 0 Å². The number of carbonyl (C=O) groups is 1. The topological polar surface area (TPSA) is 105 Å². The van der Waals surface area contributed by atoms with Crippen molar-refractivity contribution < 1.29 is 9.53 Å². The third kappa shape index (κ3) is 3.73. The number of nitrogens with zero attached hydrogens (tertiary/aromatic N) is 4. The van der Waals surface area contributed by atoms with Crippen molar-refractivity contribution in [2.75, 3.05) is 39.4 Å². The lowest BCUT2D eigenvalue weighted by molar-refractivity contribution is 0.0374. The maximum Gasteiger partial charge on any atom is 0.267 e. The number of pyridine rings is 2. The summed E-state index contributed by atoms with van der Waals surface area (Å²) < 4.78 is 8.31. The first-order chi connectivity index (χ1) is 14.5. The van der Waals surface area contributed by atoms with Crippen molar-refractivity contribution in [1.29, 1.82) is 5.41 Å². The molecular weight excluding hydrogens is 384 g/mol. The molecule has 9 nitrogen and oxygen atoms in total. The van der Waals surface area contributed by atoms with Crippen molar-refractivity contribution in [2.45, 2.75) is 13.3 Å². The van der Waals surface area contributed by atoms with E-state index in [2.05, 4.69) is 15.2 Å². The van der Waals surface area contributed by atoms with Crippen LogP contribution >= 0.6 is 0 Å². The van der Waals surface area contributed by atoms with Gasteiger partial charge in [0.15, 0.2) is 0 Å². The first-order valence-corrected chi connectivity index (χ1v) is 10.1. The number of nitrogens with one attached hydrogen (secondary N) is 2. The van der Waals surface area contributed by atoms with E-state index in [0.717, 1.165) is 44.8 Å². The summed E-state index contributed by atoms with van der Waals surface area (Å²) in [5, 5.41) is 11.6. The molecular formula is C21H26N6O3. The Bertz CT molecular complexity index is 1220. The molecule has 1 amide bonds. The number of morpholine rings is 1. The summed E-state index contributed by atoms with van der Waals surface area (Å²) in [4.78, 5) is 32.6. The van der Waals surface area contributed by atoms with E-state index in [1.807, 2.05) is 13.0 Å². The van der Waals surface area contributed by atoms with Crippen LogP contribution in [0.5, 0.6) is 0 Å². The summed E-state index contributed by atoms with van der Waals surface area (Å²) in [7, 11) is 1.65. The second-order valence-electron chi connectivity index (χ2n) is 7.57. The number of amides is 1. The van der Waals surface area contributed by atoms with Gasteiger partial charge in [0.25, 0.3) is 11.5 Å². The van der Waals surface area contributed by atoms with Crippen LogP contribution in [0.4, 0.5) is 0 Å². The summed E-state index contributed by atoms with van der Waals surface area (Å²) in [5.74, 6) is -0.354. The van der Waals surface area contributed by atoms with Crippen molar-refractivity contribution in [3.63, 3.8) is 0 Å². The summed E-state index contributed by atoms with van der Waals surface area (Å²) >= 11 is 0. The van der Waals surface area contributed by atoms with Crippen molar-refractivity contribution >= 4 is 22.6 Å². The Morgan fingerprint density at radius 1 is 1.30 bits per heavy atom. The number of aryl methyl sites for hydroxylation is 2. The van der Waals surface area contributed by atoms with E-state index in [1.165, 1.54) is 15.0 Å². The van der Waals surface area contributed by atoms with Crippen LogP contribution in [0.1, 0.15) is 22.3 Å². The molecule has 0 saturated carbocycles. The molecule has 3 aromatic rings. The monoisotopic (exact) mass is 410 g/mol. The van der Waals surface area contributed by atoms with Gasteiger partial charge < -0.3 is 14.6 Å². The quantitative estimate of drug-likeness (QED) is 0.469. The van der Waals surface area contributed by atoms with E-state index in [0.29, 0.717) is 23.2 Å². The van der Waals surface area contributed by atoms with E-state index < -0.39 is 0 Å². The van der Waals surface area contributed by atoms with Crippen molar-refractivity contribution in [3.8, 4) is 0 Å². The van der Waals surface area contributed by atoms with Gasteiger partial charge in [0.05, 0.1) is 24.2 Å². The van der Waals surface area contributed by atoms with Gasteiger partial charge in [-0.3, -0.25) is 24.3 Å². The van der Waals surface area contributed by atoms with Crippen LogP contribution in [-0.2, 0) is 11.8 Å². The largest absolute Gasteiger partial charge is 0.379 e. The summed E-state index contributed by atoms with van der Waals surface area (Å²) in [5.41, 5.74) is 1.75. The average molecular weight is 410 g/mol. The van der Waals surface area contributed by atoms with Crippen LogP contribution in [0.25, 0.3) is 16.7 Å². The second-order valence-corrected chi connectivity index (χ2v) is 7.57. The lowest BCUT2D eigenvalue weighted by atomic mass is 10.2. The summed E-state index contributed by atoms with van der Waals surface area (Å²) in [6.07, 6.45) is 2.48. The molecule has 158 valence electrons. The molecule has 0 spiro atoms. The third-order valence-electron chi connectivity index (χ3n) is 5.55. The van der Waals surface area contributed by atoms with Crippen LogP contribution in [0.2, 0.25) is 0 Å². The molecule has 0 atom stereocenters. The first-order valence-electron chi connectivity index (χ1n) is 10.1. The smallest absolute Gasteiger partial charge is 0.267 e. The Morgan fingerprint density at radius 2 is 2.07 bits per heavy atom. The van der Waals surface area contributed by atoms with Gasteiger partial charge >= 0.3 is 0 Å². The zero-order valence-electron chi connectivity index (χ0n) is 17.3. The van der Waals surface area contributed by atoms with Crippen molar-refractivity contribution in [2.24, 2.45) is 7.05 Å². The predicted molar refractivity (Wildman–Crippen MR) is 113 cm³/mol. The SMILES string of the molecule is Cc1cccn2c(=O)c3cc(C(=O)NCCCN4CCOCC4)c(=N)n(C)c3nc12. The fourth-order valence-electron chi connectivity index (χ4n) is 3.78. The van der Waals surface area contributed by atoms with Gasteiger partial charge in [0.2, 0.25) is 0 Å². The number of aromatic nitrogens is 3. The molecule has 0 unspecified atom stereocenters. The van der Waals surface area contributed by atoms with E-state index in [1.54, 1.807) is 19.3 Å². The lowest BCUT2D eigenvalue weighted by Gasteiger charge is -2.26. The minimum absolute atomic E-state index is 0.0259. The number of hydrogen-bond acceptors (Lipinski definition) is 6. The van der Waals surface area contributed by atoms with Gasteiger partial charge in [-0.2, -0.15) is 0 Å². The predicted octanol–water partition coefficient (Wildman–Crippen LogP) is 0.426. The molecule has 30 heavy (non-hydrogen) atoms. The first kappa shape index (κ1) is 20.2. The molecule has 0 aliphatic carbocycles. The Kier molecular flexibility index (Phi) is 5.65. The highest BCUT2D eigenvalue weighted by Gasteiger charge is 2.16. The molecule has 4 rings (SSSR count). The number of carbonyl (C=O) groups excluding carboxylic acids is 1. The Morgan fingerprint density at radius 3 is 2.83 bits per heavy atom. The fraction of sp³-hybridized carbons (Fsp3) is 0.429. The van der Waals surface area contributed by atoms with Gasteiger partial charge in [0, 0.05) is 32.9 Å². The molecule has 1 saturated heterocycles. The molecule has 0 radical (unpaired) electrons. The van der Waals surface area contributed by atoms with Crippen LogP contribution < -0.4 is 16.4 Å². The molecule has 1 aliphatic heterocycles. The molecule has 1 fully saturated rings. The second kappa shape index (κ2) is 8.37. The number of rotatable bonds is 5. The highest BCUT2D eigenvalue weighted by atomic mass is 16.5. The fourth-order valence-corrected chi connectivity index (χ4v) is 3.78. The molecule has 9 heteroatoms. The third-order valence-corrected chi connectivity index (χ3v) is 5.55. The molecule has 1 aliphatic rings. The number of hydrogen-bond donors (Lipinski definition) is 2. The molecule has 0 aromatic carbocycles. The zero-order chi connectivity index (χ0) is 21.3.